The van der Waals surface area contributed by atoms with Crippen molar-refractivity contribution >= 4 is 17.9 Å². The predicted molar refractivity (Wildman–Crippen MR) is 206 cm³/mol. The summed E-state index contributed by atoms with van der Waals surface area (Å²) in [5.74, 6) is -1.53. The summed E-state index contributed by atoms with van der Waals surface area (Å²) < 4.78 is 17.1. The second-order valence-electron chi connectivity index (χ2n) is 14.1. The zero-order valence-electron chi connectivity index (χ0n) is 32.6. The average Bonchev–Trinajstić information content (AvgIpc) is 3.06. The third-order valence-corrected chi connectivity index (χ3v) is 8.46. The third kappa shape index (κ3) is 31.3. The number of esters is 2. The molecule has 50 heavy (non-hydrogen) atoms. The van der Waals surface area contributed by atoms with E-state index in [1.165, 1.54) is 51.4 Å². The lowest BCUT2D eigenvalue weighted by Crippen LogP contribution is -2.50. The molecule has 0 bridgehead atoms. The van der Waals surface area contributed by atoms with Gasteiger partial charge in [-0.3, -0.25) is 9.59 Å². The van der Waals surface area contributed by atoms with Gasteiger partial charge in [-0.15, -0.1) is 0 Å². The molecule has 288 valence electrons. The Bertz CT molecular complexity index is 964. The van der Waals surface area contributed by atoms with Crippen LogP contribution in [0.2, 0.25) is 0 Å². The smallest absolute Gasteiger partial charge is 0.362 e. The fourth-order valence-electron chi connectivity index (χ4n) is 5.39. The van der Waals surface area contributed by atoms with Crippen LogP contribution in [0.25, 0.3) is 0 Å². The van der Waals surface area contributed by atoms with Crippen LogP contribution in [-0.2, 0) is 28.6 Å². The zero-order chi connectivity index (χ0) is 37.1. The van der Waals surface area contributed by atoms with Crippen molar-refractivity contribution in [1.82, 2.24) is 0 Å². The molecular formula is C42H74NO7+. The number of hydrogen-bond donors (Lipinski definition) is 1. The zero-order valence-corrected chi connectivity index (χ0v) is 32.6. The second-order valence-corrected chi connectivity index (χ2v) is 14.1. The minimum absolute atomic E-state index is 0.0441. The van der Waals surface area contributed by atoms with Gasteiger partial charge in [-0.2, -0.15) is 0 Å². The molecule has 0 fully saturated rings. The Labute approximate surface area is 306 Å². The van der Waals surface area contributed by atoms with E-state index < -0.39 is 18.1 Å². The molecule has 0 aliphatic rings. The van der Waals surface area contributed by atoms with Gasteiger partial charge in [-0.05, 0) is 70.6 Å². The maximum atomic E-state index is 12.6. The summed E-state index contributed by atoms with van der Waals surface area (Å²) in [6, 6.07) is -0.620. The lowest BCUT2D eigenvalue weighted by molar-refractivity contribution is -0.887. The van der Waals surface area contributed by atoms with E-state index in [4.69, 9.17) is 14.2 Å². The van der Waals surface area contributed by atoms with Crippen LogP contribution in [0.5, 0.6) is 0 Å². The van der Waals surface area contributed by atoms with E-state index in [2.05, 4.69) is 62.5 Å². The number of nitrogens with zero attached hydrogens (tertiary/aromatic N) is 1. The number of unbranched alkanes of at least 4 members (excludes halogenated alkanes) is 12. The lowest BCUT2D eigenvalue weighted by Gasteiger charge is -2.31. The molecule has 0 aromatic rings. The molecule has 0 aromatic carbocycles. The Hall–Kier alpha value is -2.71. The normalized spacial score (nSPS) is 13.5. The van der Waals surface area contributed by atoms with Gasteiger partial charge in [0.25, 0.3) is 0 Å². The fourth-order valence-corrected chi connectivity index (χ4v) is 5.39. The summed E-state index contributed by atoms with van der Waals surface area (Å²) in [6.45, 7) is 4.52. The SMILES string of the molecule is CC/C=C/C/C=C/CCCCC(=O)OC(COCCC(C(=O)O)[N+](C)(C)C)COC(=O)CCCCCCCCC/C=C/C/C=C/CCCCC. The van der Waals surface area contributed by atoms with E-state index in [9.17, 15) is 19.5 Å². The van der Waals surface area contributed by atoms with Gasteiger partial charge in [0.15, 0.2) is 12.1 Å². The largest absolute Gasteiger partial charge is 0.477 e. The van der Waals surface area contributed by atoms with Crippen LogP contribution in [0.3, 0.4) is 0 Å². The standard InChI is InChI=1S/C42H73NO7/c1-6-8-10-12-14-16-17-18-19-20-21-22-23-25-26-28-30-32-40(44)49-37-38(36-48-35-34-39(42(46)47)43(3,4)5)50-41(45)33-31-29-27-24-15-13-11-9-7-2/h9,11,14-16,18-19,24,38-39H,6-8,10,12-13,17,20-23,25-37H2,1-5H3/p+1/b11-9+,16-14+,19-18+,24-15+. The first-order valence-electron chi connectivity index (χ1n) is 19.7. The Morgan fingerprint density at radius 1 is 0.620 bits per heavy atom. The molecule has 8 heteroatoms. The summed E-state index contributed by atoms with van der Waals surface area (Å²) in [4.78, 5) is 36.7. The number of allylic oxidation sites excluding steroid dienone is 8. The first kappa shape index (κ1) is 47.3. The number of carbonyl (C=O) groups is 3. The molecule has 1 N–H and O–H groups in total. The van der Waals surface area contributed by atoms with Crippen molar-refractivity contribution in [2.24, 2.45) is 0 Å². The molecule has 0 rings (SSSR count). The van der Waals surface area contributed by atoms with Crippen molar-refractivity contribution in [3.05, 3.63) is 48.6 Å². The number of quaternary nitrogens is 1. The molecule has 8 nitrogen and oxygen atoms in total. The van der Waals surface area contributed by atoms with Gasteiger partial charge in [-0.25, -0.2) is 4.79 Å². The minimum Gasteiger partial charge on any atom is -0.477 e. The average molecular weight is 705 g/mol. The third-order valence-electron chi connectivity index (χ3n) is 8.46. The van der Waals surface area contributed by atoms with Gasteiger partial charge in [0, 0.05) is 19.3 Å². The van der Waals surface area contributed by atoms with E-state index in [1.807, 2.05) is 21.1 Å². The van der Waals surface area contributed by atoms with E-state index in [0.29, 0.717) is 19.3 Å². The molecule has 0 aliphatic carbocycles. The molecule has 0 radical (unpaired) electrons. The van der Waals surface area contributed by atoms with Crippen molar-refractivity contribution in [2.75, 3.05) is 41.0 Å². The van der Waals surface area contributed by atoms with Gasteiger partial charge in [0.1, 0.15) is 6.61 Å². The van der Waals surface area contributed by atoms with Crippen molar-refractivity contribution in [2.45, 2.75) is 161 Å². The highest BCUT2D eigenvalue weighted by molar-refractivity contribution is 5.72. The highest BCUT2D eigenvalue weighted by Crippen LogP contribution is 2.13. The van der Waals surface area contributed by atoms with Crippen molar-refractivity contribution < 1.29 is 38.2 Å². The second kappa shape index (κ2) is 33.4. The van der Waals surface area contributed by atoms with Crippen LogP contribution in [-0.4, -0.2) is 80.6 Å². The van der Waals surface area contributed by atoms with Gasteiger partial charge < -0.3 is 23.8 Å². The van der Waals surface area contributed by atoms with Gasteiger partial charge >= 0.3 is 17.9 Å². The Balaban J connectivity index is 4.37. The summed E-state index contributed by atoms with van der Waals surface area (Å²) in [5.41, 5.74) is 0. The summed E-state index contributed by atoms with van der Waals surface area (Å²) >= 11 is 0. The van der Waals surface area contributed by atoms with Gasteiger partial charge in [-0.1, -0.05) is 107 Å². The Morgan fingerprint density at radius 3 is 1.68 bits per heavy atom. The van der Waals surface area contributed by atoms with E-state index in [0.717, 1.165) is 57.8 Å². The van der Waals surface area contributed by atoms with Gasteiger partial charge in [0.05, 0.1) is 34.4 Å². The quantitative estimate of drug-likeness (QED) is 0.0308. The van der Waals surface area contributed by atoms with E-state index >= 15 is 0 Å². The Morgan fingerprint density at radius 2 is 1.12 bits per heavy atom. The first-order valence-corrected chi connectivity index (χ1v) is 19.7. The van der Waals surface area contributed by atoms with E-state index in [1.54, 1.807) is 0 Å². The molecule has 0 saturated heterocycles. The molecule has 2 unspecified atom stereocenters. The molecule has 0 spiro atoms. The highest BCUT2D eigenvalue weighted by atomic mass is 16.6. The molecule has 0 heterocycles. The molecule has 0 aromatic heterocycles. The van der Waals surface area contributed by atoms with Gasteiger partial charge in [0.2, 0.25) is 0 Å². The number of aliphatic carboxylic acids is 1. The van der Waals surface area contributed by atoms with Crippen molar-refractivity contribution in [3.8, 4) is 0 Å². The van der Waals surface area contributed by atoms with Crippen LogP contribution in [0.1, 0.15) is 149 Å². The summed E-state index contributed by atoms with van der Waals surface area (Å²) in [6.07, 6.45) is 37.4. The fraction of sp³-hybridized carbons (Fsp3) is 0.738. The molecule has 2 atom stereocenters. The summed E-state index contributed by atoms with van der Waals surface area (Å²) in [7, 11) is 5.49. The highest BCUT2D eigenvalue weighted by Gasteiger charge is 2.31. The summed E-state index contributed by atoms with van der Waals surface area (Å²) in [5, 5.41) is 9.57. The molecule has 0 aliphatic heterocycles. The predicted octanol–water partition coefficient (Wildman–Crippen LogP) is 10.1. The van der Waals surface area contributed by atoms with Crippen LogP contribution < -0.4 is 0 Å². The minimum atomic E-state index is -0.884. The maximum Gasteiger partial charge on any atom is 0.362 e. The number of hydrogen-bond acceptors (Lipinski definition) is 6. The maximum absolute atomic E-state index is 12.6. The Kier molecular flexibility index (Phi) is 31.6. The van der Waals surface area contributed by atoms with Crippen LogP contribution in [0, 0.1) is 0 Å². The number of carbonyl (C=O) groups excluding carboxylic acids is 2. The van der Waals surface area contributed by atoms with Crippen LogP contribution in [0.4, 0.5) is 0 Å². The molecular weight excluding hydrogens is 630 g/mol. The number of ether oxygens (including phenoxy) is 3. The van der Waals surface area contributed by atoms with E-state index in [-0.39, 0.29) is 42.7 Å². The molecule has 0 amide bonds. The van der Waals surface area contributed by atoms with Crippen LogP contribution >= 0.6 is 0 Å². The number of rotatable bonds is 34. The monoisotopic (exact) mass is 705 g/mol. The van der Waals surface area contributed by atoms with Crippen LogP contribution in [0.15, 0.2) is 48.6 Å². The number of carboxylic acids is 1. The molecule has 0 saturated carbocycles. The van der Waals surface area contributed by atoms with Crippen molar-refractivity contribution in [1.29, 1.82) is 0 Å². The van der Waals surface area contributed by atoms with Crippen molar-refractivity contribution in [3.63, 3.8) is 0 Å². The first-order chi connectivity index (χ1) is 24.1. The number of likely N-dealkylation sites (N-methyl/N-ethyl adjacent to an activating group) is 1. The topological polar surface area (TPSA) is 99.1 Å². The number of carboxylic acid groups (broad SMARTS) is 1. The lowest BCUT2D eigenvalue weighted by atomic mass is 10.1.